The Kier molecular flexibility index (Phi) is 5.68. The van der Waals surface area contributed by atoms with Crippen LogP contribution in [0, 0.1) is 0 Å². The van der Waals surface area contributed by atoms with Gasteiger partial charge in [0.1, 0.15) is 0 Å². The quantitative estimate of drug-likeness (QED) is 0.395. The van der Waals surface area contributed by atoms with E-state index in [9.17, 15) is 4.79 Å². The normalized spacial score (nSPS) is 13.2. The number of carbonyl (C=O) groups excluding carboxylic acids is 1. The number of halogens is 1. The van der Waals surface area contributed by atoms with Crippen molar-refractivity contribution in [1.82, 2.24) is 10.3 Å². The van der Waals surface area contributed by atoms with Crippen molar-refractivity contribution in [1.29, 1.82) is 0 Å². The van der Waals surface area contributed by atoms with Gasteiger partial charge in [-0.05, 0) is 35.7 Å². The molecule has 4 aromatic rings. The van der Waals surface area contributed by atoms with Gasteiger partial charge in [-0.25, -0.2) is 0 Å². The fourth-order valence-electron chi connectivity index (χ4n) is 3.84. The van der Waals surface area contributed by atoms with Crippen molar-refractivity contribution in [3.8, 4) is 0 Å². The van der Waals surface area contributed by atoms with Gasteiger partial charge in [-0.2, -0.15) is 0 Å². The number of nitrogens with one attached hydrogen (secondary N) is 2. The summed E-state index contributed by atoms with van der Waals surface area (Å²) in [6.45, 7) is 2.00. The highest BCUT2D eigenvalue weighted by Crippen LogP contribution is 2.36. The minimum Gasteiger partial charge on any atom is -0.361 e. The highest BCUT2D eigenvalue weighted by molar-refractivity contribution is 6.31. The van der Waals surface area contributed by atoms with E-state index in [1.165, 1.54) is 0 Å². The number of amides is 1. The van der Waals surface area contributed by atoms with Crippen molar-refractivity contribution in [3.63, 3.8) is 0 Å². The second kappa shape index (κ2) is 8.54. The summed E-state index contributed by atoms with van der Waals surface area (Å²) >= 11 is 6.53. The Morgan fingerprint density at radius 1 is 0.931 bits per heavy atom. The molecule has 1 aromatic heterocycles. The summed E-state index contributed by atoms with van der Waals surface area (Å²) in [7, 11) is 0. The zero-order valence-corrected chi connectivity index (χ0v) is 17.0. The molecule has 0 saturated heterocycles. The van der Waals surface area contributed by atoms with Gasteiger partial charge in [0.15, 0.2) is 0 Å². The first-order valence-electron chi connectivity index (χ1n) is 9.78. The molecule has 0 radical (unpaired) electrons. The Bertz CT molecular complexity index is 1120. The Balaban J connectivity index is 1.64. The number of fused-ring (bicyclic) bond motifs is 1. The molecule has 0 bridgehead atoms. The molecule has 0 saturated carbocycles. The Morgan fingerprint density at radius 3 is 2.41 bits per heavy atom. The van der Waals surface area contributed by atoms with Gasteiger partial charge < -0.3 is 10.3 Å². The van der Waals surface area contributed by atoms with Crippen molar-refractivity contribution in [2.24, 2.45) is 0 Å². The van der Waals surface area contributed by atoms with E-state index in [-0.39, 0.29) is 17.9 Å². The first-order valence-corrected chi connectivity index (χ1v) is 10.2. The zero-order valence-electron chi connectivity index (χ0n) is 16.2. The molecule has 1 amide bonds. The van der Waals surface area contributed by atoms with Crippen LogP contribution in [0.5, 0.6) is 0 Å². The van der Waals surface area contributed by atoms with Gasteiger partial charge in [-0.15, -0.1) is 0 Å². The summed E-state index contributed by atoms with van der Waals surface area (Å²) in [6.07, 6.45) is 2.31. The van der Waals surface area contributed by atoms with Crippen molar-refractivity contribution in [2.45, 2.75) is 25.3 Å². The van der Waals surface area contributed by atoms with E-state index in [1.54, 1.807) is 0 Å². The van der Waals surface area contributed by atoms with E-state index in [2.05, 4.69) is 16.4 Å². The van der Waals surface area contributed by atoms with Crippen molar-refractivity contribution in [2.75, 3.05) is 0 Å². The third kappa shape index (κ3) is 4.20. The van der Waals surface area contributed by atoms with E-state index < -0.39 is 0 Å². The molecule has 1 heterocycles. The molecular weight excluding hydrogens is 380 g/mol. The van der Waals surface area contributed by atoms with Crippen LogP contribution in [0.1, 0.15) is 42.0 Å². The fraction of sp³-hybridized carbons (Fsp3) is 0.160. The van der Waals surface area contributed by atoms with Gasteiger partial charge >= 0.3 is 0 Å². The molecule has 0 spiro atoms. The zero-order chi connectivity index (χ0) is 20.2. The molecule has 29 heavy (non-hydrogen) atoms. The third-order valence-electron chi connectivity index (χ3n) is 5.34. The molecule has 2 N–H and O–H groups in total. The monoisotopic (exact) mass is 402 g/mol. The highest BCUT2D eigenvalue weighted by Gasteiger charge is 2.24. The van der Waals surface area contributed by atoms with Gasteiger partial charge in [-0.1, -0.05) is 78.3 Å². The van der Waals surface area contributed by atoms with Crippen LogP contribution in [-0.4, -0.2) is 10.9 Å². The molecule has 3 aromatic carbocycles. The Morgan fingerprint density at radius 2 is 1.62 bits per heavy atom. The van der Waals surface area contributed by atoms with E-state index in [0.717, 1.165) is 27.6 Å². The molecule has 4 heteroatoms. The maximum absolute atomic E-state index is 13.0. The molecular formula is C25H23ClN2O. The molecule has 0 aliphatic heterocycles. The lowest BCUT2D eigenvalue weighted by atomic mass is 9.87. The number of benzene rings is 3. The smallest absolute Gasteiger partial charge is 0.221 e. The highest BCUT2D eigenvalue weighted by atomic mass is 35.5. The number of hydrogen-bond acceptors (Lipinski definition) is 1. The third-order valence-corrected chi connectivity index (χ3v) is 5.69. The summed E-state index contributed by atoms with van der Waals surface area (Å²) in [5.41, 5.74) is 4.18. The molecule has 0 unspecified atom stereocenters. The van der Waals surface area contributed by atoms with Gasteiger partial charge in [0, 0.05) is 34.5 Å². The lowest BCUT2D eigenvalue weighted by molar-refractivity contribution is -0.121. The minimum atomic E-state index is -0.136. The molecule has 2 atom stereocenters. The maximum atomic E-state index is 13.0. The van der Waals surface area contributed by atoms with Gasteiger partial charge in [0.25, 0.3) is 0 Å². The molecule has 0 aliphatic carbocycles. The summed E-state index contributed by atoms with van der Waals surface area (Å²) in [4.78, 5) is 16.3. The first-order chi connectivity index (χ1) is 14.1. The van der Waals surface area contributed by atoms with E-state index in [4.69, 9.17) is 11.6 Å². The van der Waals surface area contributed by atoms with Crippen molar-refractivity contribution in [3.05, 3.63) is 107 Å². The van der Waals surface area contributed by atoms with Crippen LogP contribution in [0.2, 0.25) is 5.02 Å². The van der Waals surface area contributed by atoms with Gasteiger partial charge in [0.2, 0.25) is 5.91 Å². The van der Waals surface area contributed by atoms with Crippen molar-refractivity contribution < 1.29 is 4.79 Å². The molecule has 146 valence electrons. The topological polar surface area (TPSA) is 44.9 Å². The maximum Gasteiger partial charge on any atom is 0.221 e. The van der Waals surface area contributed by atoms with Gasteiger partial charge in [-0.3, -0.25) is 4.79 Å². The lowest BCUT2D eigenvalue weighted by Crippen LogP contribution is -2.28. The minimum absolute atomic E-state index is 0.00319. The van der Waals surface area contributed by atoms with Crippen LogP contribution in [0.15, 0.2) is 85.1 Å². The van der Waals surface area contributed by atoms with E-state index >= 15 is 0 Å². The first kappa shape index (κ1) is 19.3. The fourth-order valence-corrected chi connectivity index (χ4v) is 4.11. The van der Waals surface area contributed by atoms with Crippen molar-refractivity contribution >= 4 is 28.4 Å². The van der Waals surface area contributed by atoms with Crippen LogP contribution < -0.4 is 5.32 Å². The number of para-hydroxylation sites is 1. The number of H-pyrrole nitrogens is 1. The summed E-state index contributed by atoms with van der Waals surface area (Å²) in [5.74, 6) is -0.139. The van der Waals surface area contributed by atoms with Gasteiger partial charge in [0.05, 0.1) is 6.04 Å². The number of hydrogen-bond donors (Lipinski definition) is 2. The summed E-state index contributed by atoms with van der Waals surface area (Å²) in [6, 6.07) is 25.8. The summed E-state index contributed by atoms with van der Waals surface area (Å²) in [5, 5.41) is 4.92. The average Bonchev–Trinajstić information content (AvgIpc) is 3.17. The van der Waals surface area contributed by atoms with Crippen LogP contribution in [0.3, 0.4) is 0 Å². The number of aromatic nitrogens is 1. The van der Waals surface area contributed by atoms with Crippen LogP contribution in [0.25, 0.3) is 10.9 Å². The largest absolute Gasteiger partial charge is 0.361 e. The number of rotatable bonds is 6. The van der Waals surface area contributed by atoms with Crippen LogP contribution >= 0.6 is 11.6 Å². The second-order valence-corrected chi connectivity index (χ2v) is 7.67. The Labute approximate surface area is 175 Å². The number of aromatic amines is 1. The molecule has 0 aliphatic rings. The van der Waals surface area contributed by atoms with Crippen LogP contribution in [-0.2, 0) is 4.79 Å². The lowest BCUT2D eigenvalue weighted by Gasteiger charge is -2.20. The Hall–Kier alpha value is -3.04. The predicted molar refractivity (Wildman–Crippen MR) is 119 cm³/mol. The molecule has 0 fully saturated rings. The number of carbonyl (C=O) groups is 1. The predicted octanol–water partition coefficient (Wildman–Crippen LogP) is 6.22. The molecule has 4 rings (SSSR count). The van der Waals surface area contributed by atoms with E-state index in [0.29, 0.717) is 11.4 Å². The summed E-state index contributed by atoms with van der Waals surface area (Å²) < 4.78 is 0. The average molecular weight is 403 g/mol. The standard InChI is InChI=1S/C25H23ClN2O/c1-17(18-9-3-2-4-10-18)28-25(29)15-21(19-11-5-7-13-23(19)26)22-16-27-24-14-8-6-12-20(22)24/h2-14,16-17,21,27H,15H2,1H3,(H,28,29)/t17-,21+/m1/s1. The van der Waals surface area contributed by atoms with E-state index in [1.807, 2.05) is 85.9 Å². The second-order valence-electron chi connectivity index (χ2n) is 7.27. The van der Waals surface area contributed by atoms with Crippen LogP contribution in [0.4, 0.5) is 0 Å². The molecule has 3 nitrogen and oxygen atoms in total. The SMILES string of the molecule is C[C@@H](NC(=O)C[C@@H](c1ccccc1Cl)c1c[nH]c2ccccc12)c1ccccc1.